The lowest BCUT2D eigenvalue weighted by Crippen LogP contribution is -2.17. The molecule has 0 atom stereocenters. The van der Waals surface area contributed by atoms with E-state index in [1.807, 2.05) is 48.5 Å². The van der Waals surface area contributed by atoms with Gasteiger partial charge in [-0.2, -0.15) is 0 Å². The summed E-state index contributed by atoms with van der Waals surface area (Å²) < 4.78 is 17.4. The Morgan fingerprint density at radius 1 is 1.10 bits per heavy atom. The Morgan fingerprint density at radius 2 is 1.86 bits per heavy atom. The zero-order chi connectivity index (χ0) is 20.6. The van der Waals surface area contributed by atoms with Gasteiger partial charge in [-0.05, 0) is 47.9 Å². The minimum Gasteiger partial charge on any atom is -0.493 e. The lowest BCUT2D eigenvalue weighted by Gasteiger charge is -2.12. The normalized spacial score (nSPS) is 14.6. The number of nitrogens with one attached hydrogen (secondary N) is 1. The van der Waals surface area contributed by atoms with Crippen molar-refractivity contribution in [2.45, 2.75) is 6.42 Å². The molecule has 1 heterocycles. The number of carbonyl (C=O) groups excluding carboxylic acids is 1. The van der Waals surface area contributed by atoms with Crippen LogP contribution in [-0.4, -0.2) is 30.6 Å². The van der Waals surface area contributed by atoms with Crippen LogP contribution in [-0.2, 0) is 11.2 Å². The summed E-state index contributed by atoms with van der Waals surface area (Å²) in [6.45, 7) is 4.52. The van der Waals surface area contributed by atoms with Gasteiger partial charge in [-0.1, -0.05) is 48.3 Å². The van der Waals surface area contributed by atoms with Crippen molar-refractivity contribution in [3.05, 3.63) is 71.2 Å². The second kappa shape index (κ2) is 10.1. The third kappa shape index (κ3) is 5.85. The van der Waals surface area contributed by atoms with Gasteiger partial charge in [0.15, 0.2) is 11.5 Å². The third-order valence-corrected chi connectivity index (χ3v) is 5.20. The van der Waals surface area contributed by atoms with Crippen molar-refractivity contribution in [1.29, 1.82) is 0 Å². The van der Waals surface area contributed by atoms with Crippen molar-refractivity contribution in [2.24, 2.45) is 0 Å². The van der Waals surface area contributed by atoms with Crippen molar-refractivity contribution in [2.75, 3.05) is 20.3 Å². The number of ether oxygens (including phenoxy) is 3. The van der Waals surface area contributed by atoms with Gasteiger partial charge in [0.25, 0.3) is 5.91 Å². The van der Waals surface area contributed by atoms with E-state index in [9.17, 15) is 4.79 Å². The number of methoxy groups -OCH3 is 1. The van der Waals surface area contributed by atoms with Crippen LogP contribution >= 0.6 is 24.0 Å². The lowest BCUT2D eigenvalue weighted by molar-refractivity contribution is -0.115. The van der Waals surface area contributed by atoms with Gasteiger partial charge in [-0.15, -0.1) is 6.58 Å². The summed E-state index contributed by atoms with van der Waals surface area (Å²) in [5.41, 5.74) is 2.02. The summed E-state index contributed by atoms with van der Waals surface area (Å²) >= 11 is 6.25. The van der Waals surface area contributed by atoms with Crippen molar-refractivity contribution >= 4 is 40.3 Å². The Hall–Kier alpha value is -2.77. The van der Waals surface area contributed by atoms with Crippen molar-refractivity contribution in [1.82, 2.24) is 5.32 Å². The van der Waals surface area contributed by atoms with E-state index in [0.29, 0.717) is 33.9 Å². The molecule has 3 rings (SSSR count). The van der Waals surface area contributed by atoms with Crippen LogP contribution in [0, 0.1) is 0 Å². The molecule has 1 N–H and O–H groups in total. The predicted octanol–water partition coefficient (Wildman–Crippen LogP) is 4.37. The molecular formula is C22H21NO4S2. The van der Waals surface area contributed by atoms with E-state index in [2.05, 4.69) is 11.9 Å². The molecule has 1 fully saturated rings. The average molecular weight is 428 g/mol. The highest BCUT2D eigenvalue weighted by Crippen LogP contribution is 2.29. The third-order valence-electron chi connectivity index (χ3n) is 4.04. The largest absolute Gasteiger partial charge is 0.493 e. The highest BCUT2D eigenvalue weighted by Gasteiger charge is 2.21. The molecule has 150 valence electrons. The van der Waals surface area contributed by atoms with Crippen LogP contribution in [0.4, 0.5) is 0 Å². The standard InChI is InChI=1S/C22H21NO4S2/c1-3-4-15-7-10-18(19(13-15)25-2)27-12-11-26-17-8-5-16(6-9-17)14-20-21(24)23-22(28)29-20/h3,5-10,13-14H,1,4,11-12H2,2H3,(H,23,24,28). The topological polar surface area (TPSA) is 56.8 Å². The Labute approximate surface area is 179 Å². The maximum absolute atomic E-state index is 11.7. The van der Waals surface area contributed by atoms with E-state index < -0.39 is 0 Å². The van der Waals surface area contributed by atoms with E-state index in [1.165, 1.54) is 11.8 Å². The Bertz CT molecular complexity index is 938. The zero-order valence-electron chi connectivity index (χ0n) is 16.0. The SMILES string of the molecule is C=CCc1ccc(OCCOc2ccc(C=C3SC(=S)NC3=O)cc2)c(OC)c1. The van der Waals surface area contributed by atoms with E-state index in [0.717, 1.165) is 23.3 Å². The second-order valence-electron chi connectivity index (χ2n) is 6.10. The fourth-order valence-electron chi connectivity index (χ4n) is 2.67. The minimum absolute atomic E-state index is 0.162. The number of thioether (sulfide) groups is 1. The molecular weight excluding hydrogens is 406 g/mol. The Kier molecular flexibility index (Phi) is 7.32. The molecule has 1 aliphatic rings. The summed E-state index contributed by atoms with van der Waals surface area (Å²) in [5.74, 6) is 1.93. The van der Waals surface area contributed by atoms with Gasteiger partial charge in [0.2, 0.25) is 0 Å². The van der Waals surface area contributed by atoms with E-state index in [1.54, 1.807) is 13.2 Å². The van der Waals surface area contributed by atoms with E-state index in [-0.39, 0.29) is 5.91 Å². The predicted molar refractivity (Wildman–Crippen MR) is 121 cm³/mol. The first-order chi connectivity index (χ1) is 14.1. The van der Waals surface area contributed by atoms with Gasteiger partial charge in [-0.3, -0.25) is 4.79 Å². The van der Waals surface area contributed by atoms with Crippen LogP contribution in [0.1, 0.15) is 11.1 Å². The highest BCUT2D eigenvalue weighted by atomic mass is 32.2. The lowest BCUT2D eigenvalue weighted by atomic mass is 10.1. The van der Waals surface area contributed by atoms with Crippen LogP contribution in [0.5, 0.6) is 17.2 Å². The van der Waals surface area contributed by atoms with Crippen LogP contribution in [0.2, 0.25) is 0 Å². The number of hydrogen-bond donors (Lipinski definition) is 1. The molecule has 0 spiro atoms. The molecule has 0 radical (unpaired) electrons. The Morgan fingerprint density at radius 3 is 2.52 bits per heavy atom. The first-order valence-electron chi connectivity index (χ1n) is 8.97. The Balaban J connectivity index is 1.50. The molecule has 2 aromatic carbocycles. The fourth-order valence-corrected chi connectivity index (χ4v) is 3.71. The summed E-state index contributed by atoms with van der Waals surface area (Å²) in [6, 6.07) is 13.3. The molecule has 0 aliphatic carbocycles. The smallest absolute Gasteiger partial charge is 0.263 e. The van der Waals surface area contributed by atoms with Crippen molar-refractivity contribution in [3.8, 4) is 17.2 Å². The number of benzene rings is 2. The summed E-state index contributed by atoms with van der Waals surface area (Å²) in [5, 5.41) is 2.60. The second-order valence-corrected chi connectivity index (χ2v) is 7.82. The minimum atomic E-state index is -0.162. The van der Waals surface area contributed by atoms with E-state index in [4.69, 9.17) is 26.4 Å². The van der Waals surface area contributed by atoms with Crippen molar-refractivity contribution in [3.63, 3.8) is 0 Å². The fraction of sp³-hybridized carbons (Fsp3) is 0.182. The maximum atomic E-state index is 11.7. The monoisotopic (exact) mass is 427 g/mol. The number of carbonyl (C=O) groups is 1. The quantitative estimate of drug-likeness (QED) is 0.278. The van der Waals surface area contributed by atoms with Gasteiger partial charge in [-0.25, -0.2) is 0 Å². The number of thiocarbonyl (C=S) groups is 1. The number of amides is 1. The maximum Gasteiger partial charge on any atom is 0.263 e. The molecule has 1 aliphatic heterocycles. The van der Waals surface area contributed by atoms with Crippen LogP contribution in [0.15, 0.2) is 60.0 Å². The summed E-state index contributed by atoms with van der Waals surface area (Å²) in [7, 11) is 1.62. The van der Waals surface area contributed by atoms with Gasteiger partial charge in [0.1, 0.15) is 23.3 Å². The van der Waals surface area contributed by atoms with Crippen LogP contribution in [0.3, 0.4) is 0 Å². The molecule has 0 unspecified atom stereocenters. The van der Waals surface area contributed by atoms with Crippen molar-refractivity contribution < 1.29 is 19.0 Å². The number of allylic oxidation sites excluding steroid dienone is 1. The van der Waals surface area contributed by atoms with Gasteiger partial charge in [0.05, 0.1) is 12.0 Å². The average Bonchev–Trinajstić information content (AvgIpc) is 3.04. The van der Waals surface area contributed by atoms with E-state index >= 15 is 0 Å². The molecule has 2 aromatic rings. The first-order valence-corrected chi connectivity index (χ1v) is 10.2. The molecule has 0 saturated carbocycles. The summed E-state index contributed by atoms with van der Waals surface area (Å²) in [6.07, 6.45) is 4.43. The molecule has 5 nitrogen and oxygen atoms in total. The van der Waals surface area contributed by atoms with Gasteiger partial charge in [0, 0.05) is 0 Å². The van der Waals surface area contributed by atoms with Crippen LogP contribution < -0.4 is 19.5 Å². The molecule has 1 amide bonds. The highest BCUT2D eigenvalue weighted by molar-refractivity contribution is 8.26. The van der Waals surface area contributed by atoms with Crippen LogP contribution in [0.25, 0.3) is 6.08 Å². The molecule has 0 bridgehead atoms. The number of rotatable bonds is 9. The molecule has 29 heavy (non-hydrogen) atoms. The summed E-state index contributed by atoms with van der Waals surface area (Å²) in [4.78, 5) is 12.3. The zero-order valence-corrected chi connectivity index (χ0v) is 17.6. The molecule has 7 heteroatoms. The number of hydrogen-bond acceptors (Lipinski definition) is 6. The molecule has 1 saturated heterocycles. The van der Waals surface area contributed by atoms with Gasteiger partial charge < -0.3 is 19.5 Å². The molecule has 0 aromatic heterocycles. The van der Waals surface area contributed by atoms with Gasteiger partial charge >= 0.3 is 0 Å². The first kappa shape index (κ1) is 21.0.